The summed E-state index contributed by atoms with van der Waals surface area (Å²) in [5.74, 6) is -1.97. The number of aromatic nitrogens is 2. The molecular formula is C21H18F2N4O2. The molecule has 2 heterocycles. The van der Waals surface area contributed by atoms with Gasteiger partial charge >= 0.3 is 0 Å². The number of nitrogens with one attached hydrogen (secondary N) is 1. The molecule has 148 valence electrons. The number of rotatable bonds is 3. The van der Waals surface area contributed by atoms with Crippen molar-refractivity contribution >= 4 is 11.8 Å². The lowest BCUT2D eigenvalue weighted by molar-refractivity contribution is -0.121. The molecule has 1 unspecified atom stereocenters. The van der Waals surface area contributed by atoms with Gasteiger partial charge in [0.1, 0.15) is 11.5 Å². The van der Waals surface area contributed by atoms with E-state index < -0.39 is 17.7 Å². The number of hydrogen-bond acceptors (Lipinski definition) is 3. The Morgan fingerprint density at radius 2 is 1.90 bits per heavy atom. The summed E-state index contributed by atoms with van der Waals surface area (Å²) in [5.41, 5.74) is 1.00. The van der Waals surface area contributed by atoms with Crippen LogP contribution >= 0.6 is 0 Å². The predicted octanol–water partition coefficient (Wildman–Crippen LogP) is 2.85. The number of benzene rings is 2. The van der Waals surface area contributed by atoms with Gasteiger partial charge < -0.3 is 10.2 Å². The zero-order valence-corrected chi connectivity index (χ0v) is 15.4. The third-order valence-corrected chi connectivity index (χ3v) is 4.84. The molecule has 29 heavy (non-hydrogen) atoms. The van der Waals surface area contributed by atoms with E-state index in [1.807, 2.05) is 30.3 Å². The van der Waals surface area contributed by atoms with Gasteiger partial charge in [-0.2, -0.15) is 5.10 Å². The molecule has 1 atom stereocenters. The second-order valence-corrected chi connectivity index (χ2v) is 6.72. The molecule has 1 N–H and O–H groups in total. The lowest BCUT2D eigenvalue weighted by Gasteiger charge is -2.29. The molecule has 6 nitrogen and oxygen atoms in total. The van der Waals surface area contributed by atoms with E-state index >= 15 is 0 Å². The maximum atomic E-state index is 14.0. The molecular weight excluding hydrogens is 378 g/mol. The van der Waals surface area contributed by atoms with Gasteiger partial charge in [-0.15, -0.1) is 0 Å². The van der Waals surface area contributed by atoms with Gasteiger partial charge in [-0.3, -0.25) is 9.59 Å². The van der Waals surface area contributed by atoms with Crippen molar-refractivity contribution in [1.82, 2.24) is 20.0 Å². The van der Waals surface area contributed by atoms with Crippen LogP contribution in [-0.2, 0) is 4.79 Å². The smallest absolute Gasteiger partial charge is 0.274 e. The molecule has 0 radical (unpaired) electrons. The number of nitrogens with zero attached hydrogens (tertiary/aromatic N) is 3. The third-order valence-electron chi connectivity index (χ3n) is 4.84. The van der Waals surface area contributed by atoms with Crippen LogP contribution in [0.4, 0.5) is 8.78 Å². The molecule has 1 saturated heterocycles. The fourth-order valence-corrected chi connectivity index (χ4v) is 3.43. The van der Waals surface area contributed by atoms with E-state index in [9.17, 15) is 18.4 Å². The molecule has 2 aromatic carbocycles. The van der Waals surface area contributed by atoms with Gasteiger partial charge in [0.2, 0.25) is 5.91 Å². The first kappa shape index (κ1) is 18.8. The molecule has 1 aliphatic rings. The zero-order chi connectivity index (χ0) is 20.4. The van der Waals surface area contributed by atoms with Gasteiger partial charge in [-0.25, -0.2) is 13.5 Å². The Kier molecular flexibility index (Phi) is 5.07. The number of amides is 2. The van der Waals surface area contributed by atoms with Crippen molar-refractivity contribution in [3.63, 3.8) is 0 Å². The van der Waals surface area contributed by atoms with Crippen molar-refractivity contribution in [1.29, 1.82) is 0 Å². The first-order valence-electron chi connectivity index (χ1n) is 9.16. The Hall–Kier alpha value is -3.55. The molecule has 0 bridgehead atoms. The number of halogens is 2. The molecule has 1 aromatic heterocycles. The zero-order valence-electron chi connectivity index (χ0n) is 15.4. The van der Waals surface area contributed by atoms with Crippen molar-refractivity contribution in [2.24, 2.45) is 0 Å². The minimum Gasteiger partial charge on any atom is -0.354 e. The van der Waals surface area contributed by atoms with Gasteiger partial charge in [-0.1, -0.05) is 30.3 Å². The van der Waals surface area contributed by atoms with Gasteiger partial charge in [-0.05, 0) is 23.8 Å². The van der Waals surface area contributed by atoms with Crippen molar-refractivity contribution in [2.75, 3.05) is 13.1 Å². The van der Waals surface area contributed by atoms with Crippen molar-refractivity contribution in [3.8, 4) is 5.69 Å². The van der Waals surface area contributed by atoms with Crippen molar-refractivity contribution in [3.05, 3.63) is 83.7 Å². The topological polar surface area (TPSA) is 67.2 Å². The van der Waals surface area contributed by atoms with Crippen LogP contribution in [0.25, 0.3) is 5.69 Å². The second-order valence-electron chi connectivity index (χ2n) is 6.72. The number of hydrogen-bond donors (Lipinski definition) is 1. The highest BCUT2D eigenvalue weighted by atomic mass is 19.1. The molecule has 4 rings (SSSR count). The Labute approximate surface area is 165 Å². The first-order valence-corrected chi connectivity index (χ1v) is 9.16. The van der Waals surface area contributed by atoms with Crippen LogP contribution in [0.3, 0.4) is 0 Å². The van der Waals surface area contributed by atoms with Crippen LogP contribution in [0.5, 0.6) is 0 Å². The molecule has 0 spiro atoms. The molecule has 2 amide bonds. The first-order chi connectivity index (χ1) is 14.0. The minimum absolute atomic E-state index is 0.0396. The van der Waals surface area contributed by atoms with Crippen LogP contribution in [0, 0.1) is 11.6 Å². The second kappa shape index (κ2) is 7.83. The fourth-order valence-electron chi connectivity index (χ4n) is 3.43. The Morgan fingerprint density at radius 3 is 2.66 bits per heavy atom. The molecule has 1 fully saturated rings. The molecule has 0 saturated carbocycles. The Bertz CT molecular complexity index is 1050. The van der Waals surface area contributed by atoms with E-state index in [0.29, 0.717) is 13.1 Å². The SMILES string of the molecule is O=C1CC(c2ccccc2)N(C(=O)c2ccn(-c3ccc(F)cc3F)n2)CCN1. The van der Waals surface area contributed by atoms with Gasteiger partial charge in [0.25, 0.3) is 5.91 Å². The summed E-state index contributed by atoms with van der Waals surface area (Å²) in [6, 6.07) is 13.5. The summed E-state index contributed by atoms with van der Waals surface area (Å²) in [6.07, 6.45) is 1.59. The third kappa shape index (κ3) is 3.87. The quantitative estimate of drug-likeness (QED) is 0.740. The minimum atomic E-state index is -0.779. The highest BCUT2D eigenvalue weighted by Gasteiger charge is 2.31. The normalized spacial score (nSPS) is 17.0. The van der Waals surface area contributed by atoms with E-state index in [4.69, 9.17) is 0 Å². The van der Waals surface area contributed by atoms with E-state index in [1.54, 1.807) is 4.90 Å². The van der Waals surface area contributed by atoms with E-state index in [-0.39, 0.29) is 29.6 Å². The highest BCUT2D eigenvalue weighted by molar-refractivity contribution is 5.93. The van der Waals surface area contributed by atoms with Gasteiger partial charge in [0.15, 0.2) is 11.5 Å². The maximum Gasteiger partial charge on any atom is 0.274 e. The largest absolute Gasteiger partial charge is 0.354 e. The Morgan fingerprint density at radius 1 is 1.10 bits per heavy atom. The lowest BCUT2D eigenvalue weighted by atomic mass is 10.0. The molecule has 0 aliphatic carbocycles. The van der Waals surface area contributed by atoms with E-state index in [0.717, 1.165) is 17.7 Å². The molecule has 1 aliphatic heterocycles. The molecule has 3 aromatic rings. The standard InChI is InChI=1S/C21H18F2N4O2/c22-15-6-7-18(16(23)12-15)27-10-8-17(25-27)21(29)26-11-9-24-20(28)13-19(26)14-4-2-1-3-5-14/h1-8,10,12,19H,9,11,13H2,(H,24,28). The number of carbonyl (C=O) groups excluding carboxylic acids is 2. The van der Waals surface area contributed by atoms with Crippen LogP contribution in [0.1, 0.15) is 28.5 Å². The van der Waals surface area contributed by atoms with Crippen LogP contribution in [0.2, 0.25) is 0 Å². The summed E-state index contributed by atoms with van der Waals surface area (Å²) in [7, 11) is 0. The van der Waals surface area contributed by atoms with Crippen molar-refractivity contribution < 1.29 is 18.4 Å². The average molecular weight is 396 g/mol. The van der Waals surface area contributed by atoms with Crippen LogP contribution in [-0.4, -0.2) is 39.6 Å². The summed E-state index contributed by atoms with van der Waals surface area (Å²) >= 11 is 0. The fraction of sp³-hybridized carbons (Fsp3) is 0.190. The summed E-state index contributed by atoms with van der Waals surface area (Å²) in [6.45, 7) is 0.656. The van der Waals surface area contributed by atoms with Gasteiger partial charge in [0, 0.05) is 25.4 Å². The van der Waals surface area contributed by atoms with E-state index in [1.165, 1.54) is 23.0 Å². The Balaban J connectivity index is 1.65. The molecule has 8 heteroatoms. The summed E-state index contributed by atoms with van der Waals surface area (Å²) in [5, 5.41) is 6.96. The van der Waals surface area contributed by atoms with E-state index in [2.05, 4.69) is 10.4 Å². The highest BCUT2D eigenvalue weighted by Crippen LogP contribution is 2.27. The van der Waals surface area contributed by atoms with Crippen LogP contribution in [0.15, 0.2) is 60.8 Å². The summed E-state index contributed by atoms with van der Waals surface area (Å²) in [4.78, 5) is 26.9. The predicted molar refractivity (Wildman–Crippen MR) is 101 cm³/mol. The van der Waals surface area contributed by atoms with Crippen LogP contribution < -0.4 is 5.32 Å². The lowest BCUT2D eigenvalue weighted by Crippen LogP contribution is -2.36. The monoisotopic (exact) mass is 396 g/mol. The van der Waals surface area contributed by atoms with Crippen molar-refractivity contribution in [2.45, 2.75) is 12.5 Å². The maximum absolute atomic E-state index is 14.0. The average Bonchev–Trinajstić information content (AvgIpc) is 3.11. The number of carbonyl (C=O) groups is 2. The van der Waals surface area contributed by atoms with Gasteiger partial charge in [0.05, 0.1) is 12.5 Å². The summed E-state index contributed by atoms with van der Waals surface area (Å²) < 4.78 is 28.4.